The van der Waals surface area contributed by atoms with Crippen LogP contribution in [0.25, 0.3) is 0 Å². The topological polar surface area (TPSA) is 55.8 Å². The van der Waals surface area contributed by atoms with Crippen molar-refractivity contribution in [1.29, 1.82) is 0 Å². The largest absolute Gasteiger partial charge is 0.498 e. The highest BCUT2D eigenvalue weighted by molar-refractivity contribution is 6.59. The van der Waals surface area contributed by atoms with Gasteiger partial charge in [0.25, 0.3) is 0 Å². The Hall–Kier alpha value is -0.493. The third-order valence-electron chi connectivity index (χ3n) is 1.55. The van der Waals surface area contributed by atoms with E-state index in [-0.39, 0.29) is 12.4 Å². The minimum atomic E-state index is -3.07. The van der Waals surface area contributed by atoms with E-state index in [2.05, 4.69) is 6.58 Å². The van der Waals surface area contributed by atoms with Crippen molar-refractivity contribution in [2.24, 2.45) is 0 Å². The lowest BCUT2D eigenvalue weighted by atomic mass is 10.4. The molecule has 0 rings (SSSR count). The van der Waals surface area contributed by atoms with Crippen LogP contribution < -0.4 is 0 Å². The second-order valence-corrected chi connectivity index (χ2v) is 5.25. The molecule has 0 spiro atoms. The van der Waals surface area contributed by atoms with Crippen LogP contribution in [0.2, 0.25) is 6.04 Å². The Morgan fingerprint density at radius 3 is 2.69 bits per heavy atom. The standard InChI is InChI=1S/C8H16O4Si/c1-4-6-13(10,11-3)12-7-8(9)5-2/h5,10H,2,4,6-7H2,1,3H3. The monoisotopic (exact) mass is 204 g/mol. The van der Waals surface area contributed by atoms with E-state index < -0.39 is 8.80 Å². The van der Waals surface area contributed by atoms with Gasteiger partial charge in [0, 0.05) is 13.2 Å². The van der Waals surface area contributed by atoms with E-state index >= 15 is 0 Å². The Morgan fingerprint density at radius 2 is 2.31 bits per heavy atom. The van der Waals surface area contributed by atoms with Crippen LogP contribution in [0, 0.1) is 0 Å². The average molecular weight is 204 g/mol. The van der Waals surface area contributed by atoms with Crippen LogP contribution in [-0.2, 0) is 13.6 Å². The van der Waals surface area contributed by atoms with Gasteiger partial charge in [-0.2, -0.15) is 0 Å². The molecule has 0 aliphatic rings. The van der Waals surface area contributed by atoms with Crippen molar-refractivity contribution in [2.45, 2.75) is 19.4 Å². The molecule has 0 fully saturated rings. The SMILES string of the molecule is C=CC(=O)CO[Si](O)(CCC)OC. The maximum atomic E-state index is 10.8. The number of carbonyl (C=O) groups excluding carboxylic acids is 1. The van der Waals surface area contributed by atoms with E-state index in [9.17, 15) is 9.59 Å². The molecule has 0 saturated heterocycles. The van der Waals surface area contributed by atoms with Crippen LogP contribution in [0.4, 0.5) is 0 Å². The zero-order valence-electron chi connectivity index (χ0n) is 8.08. The summed E-state index contributed by atoms with van der Waals surface area (Å²) < 4.78 is 9.88. The third-order valence-corrected chi connectivity index (χ3v) is 3.92. The Balaban J connectivity index is 3.96. The first-order valence-corrected chi connectivity index (χ1v) is 6.11. The molecule has 13 heavy (non-hydrogen) atoms. The van der Waals surface area contributed by atoms with Gasteiger partial charge < -0.3 is 13.6 Å². The van der Waals surface area contributed by atoms with Crippen molar-refractivity contribution in [3.05, 3.63) is 12.7 Å². The lowest BCUT2D eigenvalue weighted by molar-refractivity contribution is -0.117. The lowest BCUT2D eigenvalue weighted by Crippen LogP contribution is -2.42. The van der Waals surface area contributed by atoms with E-state index in [1.165, 1.54) is 7.11 Å². The van der Waals surface area contributed by atoms with Crippen LogP contribution >= 0.6 is 0 Å². The first kappa shape index (κ1) is 12.5. The minimum Gasteiger partial charge on any atom is -0.390 e. The summed E-state index contributed by atoms with van der Waals surface area (Å²) in [7, 11) is -1.68. The summed E-state index contributed by atoms with van der Waals surface area (Å²) in [6.07, 6.45) is 1.93. The number of rotatable bonds is 7. The molecule has 5 heteroatoms. The van der Waals surface area contributed by atoms with Crippen molar-refractivity contribution >= 4 is 14.6 Å². The Labute approximate surface area is 79.5 Å². The molecule has 0 radical (unpaired) electrons. The molecule has 0 amide bonds. The first-order valence-electron chi connectivity index (χ1n) is 4.14. The van der Waals surface area contributed by atoms with Gasteiger partial charge in [0.05, 0.1) is 0 Å². The van der Waals surface area contributed by atoms with Crippen molar-refractivity contribution in [2.75, 3.05) is 13.7 Å². The maximum Gasteiger partial charge on any atom is 0.498 e. The van der Waals surface area contributed by atoms with Gasteiger partial charge >= 0.3 is 8.80 Å². The molecule has 0 aromatic carbocycles. The van der Waals surface area contributed by atoms with Gasteiger partial charge in [0.15, 0.2) is 5.78 Å². The van der Waals surface area contributed by atoms with Crippen molar-refractivity contribution in [3.8, 4) is 0 Å². The molecule has 0 aliphatic carbocycles. The van der Waals surface area contributed by atoms with Crippen molar-refractivity contribution in [1.82, 2.24) is 0 Å². The summed E-state index contributed by atoms with van der Waals surface area (Å²) in [5.74, 6) is -0.251. The Morgan fingerprint density at radius 1 is 1.69 bits per heavy atom. The summed E-state index contributed by atoms with van der Waals surface area (Å²) >= 11 is 0. The zero-order valence-corrected chi connectivity index (χ0v) is 9.08. The summed E-state index contributed by atoms with van der Waals surface area (Å²) in [5, 5.41) is 0. The second kappa shape index (κ2) is 6.04. The number of ketones is 1. The van der Waals surface area contributed by atoms with Gasteiger partial charge in [-0.1, -0.05) is 19.9 Å². The number of hydrogen-bond acceptors (Lipinski definition) is 4. The molecule has 76 valence electrons. The zero-order chi connectivity index (χ0) is 10.3. The van der Waals surface area contributed by atoms with E-state index in [0.717, 1.165) is 12.5 Å². The highest BCUT2D eigenvalue weighted by atomic mass is 28.4. The summed E-state index contributed by atoms with van der Waals surface area (Å²) in [5.41, 5.74) is 0. The number of carbonyl (C=O) groups is 1. The van der Waals surface area contributed by atoms with E-state index in [0.29, 0.717) is 6.04 Å². The second-order valence-electron chi connectivity index (χ2n) is 2.63. The fraction of sp³-hybridized carbons (Fsp3) is 0.625. The van der Waals surface area contributed by atoms with Crippen LogP contribution in [0.3, 0.4) is 0 Å². The Bertz CT molecular complexity index is 183. The molecule has 0 heterocycles. The predicted molar refractivity (Wildman–Crippen MR) is 51.2 cm³/mol. The molecule has 1 unspecified atom stereocenters. The lowest BCUT2D eigenvalue weighted by Gasteiger charge is -2.20. The molecule has 0 saturated carbocycles. The van der Waals surface area contributed by atoms with Crippen LogP contribution in [0.1, 0.15) is 13.3 Å². The number of hydrogen-bond donors (Lipinski definition) is 1. The molecular formula is C8H16O4Si. The molecule has 0 bridgehead atoms. The summed E-state index contributed by atoms with van der Waals surface area (Å²) in [4.78, 5) is 20.5. The molecule has 0 aliphatic heterocycles. The van der Waals surface area contributed by atoms with Gasteiger partial charge in [0.1, 0.15) is 6.61 Å². The maximum absolute atomic E-state index is 10.8. The molecule has 4 nitrogen and oxygen atoms in total. The fourth-order valence-electron chi connectivity index (χ4n) is 0.792. The summed E-state index contributed by atoms with van der Waals surface area (Å²) in [6.45, 7) is 5.06. The molecule has 1 N–H and O–H groups in total. The molecule has 1 atom stereocenters. The van der Waals surface area contributed by atoms with Gasteiger partial charge in [0.2, 0.25) is 0 Å². The van der Waals surface area contributed by atoms with Crippen LogP contribution in [-0.4, -0.2) is 33.1 Å². The normalized spacial score (nSPS) is 15.0. The Kier molecular flexibility index (Phi) is 5.81. The predicted octanol–water partition coefficient (Wildman–Crippen LogP) is 0.746. The molecular weight excluding hydrogens is 188 g/mol. The van der Waals surface area contributed by atoms with E-state index in [1.54, 1.807) is 0 Å². The minimum absolute atomic E-state index is 0.153. The third kappa shape index (κ3) is 4.94. The quantitative estimate of drug-likeness (QED) is 0.491. The van der Waals surface area contributed by atoms with Crippen LogP contribution in [0.5, 0.6) is 0 Å². The molecule has 0 aromatic heterocycles. The van der Waals surface area contributed by atoms with Gasteiger partial charge in [-0.3, -0.25) is 4.79 Å². The van der Waals surface area contributed by atoms with Crippen LogP contribution in [0.15, 0.2) is 12.7 Å². The van der Waals surface area contributed by atoms with Gasteiger partial charge in [-0.05, 0) is 6.08 Å². The summed E-state index contributed by atoms with van der Waals surface area (Å²) in [6, 6.07) is 0.466. The highest BCUT2D eigenvalue weighted by Gasteiger charge is 2.34. The van der Waals surface area contributed by atoms with Gasteiger partial charge in [-0.25, -0.2) is 0 Å². The van der Waals surface area contributed by atoms with E-state index in [4.69, 9.17) is 8.85 Å². The van der Waals surface area contributed by atoms with Crippen molar-refractivity contribution < 1.29 is 18.4 Å². The molecule has 0 aromatic rings. The van der Waals surface area contributed by atoms with E-state index in [1.807, 2.05) is 6.92 Å². The smallest absolute Gasteiger partial charge is 0.390 e. The fourth-order valence-corrected chi connectivity index (χ4v) is 2.26. The van der Waals surface area contributed by atoms with Gasteiger partial charge in [-0.15, -0.1) is 0 Å². The first-order chi connectivity index (χ1) is 6.08. The average Bonchev–Trinajstić information content (AvgIpc) is 2.15. The van der Waals surface area contributed by atoms with Crippen molar-refractivity contribution in [3.63, 3.8) is 0 Å². The highest BCUT2D eigenvalue weighted by Crippen LogP contribution is 2.10.